The average molecular weight is 370 g/mol. The lowest BCUT2D eigenvalue weighted by molar-refractivity contribution is -0.117. The van der Waals surface area contributed by atoms with Crippen molar-refractivity contribution < 1.29 is 14.1 Å². The molecule has 1 atom stereocenters. The highest BCUT2D eigenvalue weighted by Gasteiger charge is 2.36. The predicted octanol–water partition coefficient (Wildman–Crippen LogP) is 3.92. The molecule has 132 valence electrons. The number of carbonyl (C=O) groups is 1. The summed E-state index contributed by atoms with van der Waals surface area (Å²) in [7, 11) is 1.56. The van der Waals surface area contributed by atoms with Crippen LogP contribution >= 0.6 is 11.6 Å². The van der Waals surface area contributed by atoms with Crippen molar-refractivity contribution in [3.8, 4) is 17.1 Å². The zero-order chi connectivity index (χ0) is 18.1. The van der Waals surface area contributed by atoms with E-state index in [2.05, 4.69) is 10.1 Å². The van der Waals surface area contributed by atoms with Crippen molar-refractivity contribution in [3.05, 3.63) is 59.4 Å². The first kappa shape index (κ1) is 16.6. The van der Waals surface area contributed by atoms with E-state index in [1.807, 2.05) is 30.3 Å². The Hall–Kier alpha value is -2.86. The molecule has 0 bridgehead atoms. The van der Waals surface area contributed by atoms with Gasteiger partial charge in [-0.1, -0.05) is 47.1 Å². The lowest BCUT2D eigenvalue weighted by atomic mass is 10.1. The number of ether oxygens (including phenoxy) is 1. The van der Waals surface area contributed by atoms with Gasteiger partial charge < -0.3 is 14.2 Å². The molecule has 0 saturated carbocycles. The zero-order valence-corrected chi connectivity index (χ0v) is 14.8. The molecule has 0 aliphatic carbocycles. The van der Waals surface area contributed by atoms with Crippen molar-refractivity contribution in [2.75, 3.05) is 18.6 Å². The number of halogens is 1. The van der Waals surface area contributed by atoms with E-state index >= 15 is 0 Å². The molecule has 1 fully saturated rings. The number of hydrogen-bond donors (Lipinski definition) is 0. The molecule has 1 amide bonds. The minimum atomic E-state index is -0.170. The third-order valence-corrected chi connectivity index (χ3v) is 4.61. The van der Waals surface area contributed by atoms with E-state index < -0.39 is 0 Å². The molecule has 3 aromatic rings. The molecule has 26 heavy (non-hydrogen) atoms. The van der Waals surface area contributed by atoms with Crippen molar-refractivity contribution in [3.63, 3.8) is 0 Å². The summed E-state index contributed by atoms with van der Waals surface area (Å²) < 4.78 is 10.8. The zero-order valence-electron chi connectivity index (χ0n) is 14.1. The number of carbonyl (C=O) groups excluding carboxylic acids is 1. The summed E-state index contributed by atoms with van der Waals surface area (Å²) in [6, 6.07) is 14.8. The monoisotopic (exact) mass is 369 g/mol. The van der Waals surface area contributed by atoms with Gasteiger partial charge in [0.1, 0.15) is 5.75 Å². The maximum atomic E-state index is 12.6. The smallest absolute Gasteiger partial charge is 0.232 e. The molecule has 0 N–H and O–H groups in total. The van der Waals surface area contributed by atoms with Gasteiger partial charge in [0.25, 0.3) is 0 Å². The Labute approximate surface area is 155 Å². The van der Waals surface area contributed by atoms with Gasteiger partial charge in [-0.3, -0.25) is 4.79 Å². The van der Waals surface area contributed by atoms with Crippen molar-refractivity contribution in [2.45, 2.75) is 12.3 Å². The molecule has 7 heteroatoms. The number of amides is 1. The normalized spacial score (nSPS) is 16.9. The van der Waals surface area contributed by atoms with Crippen LogP contribution in [0, 0.1) is 0 Å². The van der Waals surface area contributed by atoms with Crippen LogP contribution in [0.1, 0.15) is 18.2 Å². The van der Waals surface area contributed by atoms with Crippen LogP contribution in [-0.2, 0) is 4.79 Å². The number of methoxy groups -OCH3 is 1. The summed E-state index contributed by atoms with van der Waals surface area (Å²) in [5, 5.41) is 4.58. The van der Waals surface area contributed by atoms with Crippen molar-refractivity contribution in [1.82, 2.24) is 10.1 Å². The van der Waals surface area contributed by atoms with Gasteiger partial charge in [0, 0.05) is 23.6 Å². The quantitative estimate of drug-likeness (QED) is 0.697. The molecule has 1 aliphatic rings. The van der Waals surface area contributed by atoms with Crippen LogP contribution in [0.25, 0.3) is 11.4 Å². The Balaban J connectivity index is 1.59. The first-order chi connectivity index (χ1) is 12.7. The summed E-state index contributed by atoms with van der Waals surface area (Å²) >= 11 is 6.09. The molecule has 2 heterocycles. The highest BCUT2D eigenvalue weighted by molar-refractivity contribution is 6.31. The number of anilines is 1. The van der Waals surface area contributed by atoms with E-state index in [0.29, 0.717) is 41.1 Å². The van der Waals surface area contributed by atoms with Crippen LogP contribution in [0.5, 0.6) is 5.75 Å². The van der Waals surface area contributed by atoms with Crippen LogP contribution < -0.4 is 9.64 Å². The number of rotatable bonds is 4. The van der Waals surface area contributed by atoms with Gasteiger partial charge in [0.05, 0.1) is 18.7 Å². The summed E-state index contributed by atoms with van der Waals surface area (Å²) in [5.41, 5.74) is 1.52. The molecule has 2 aromatic carbocycles. The second-order valence-electron chi connectivity index (χ2n) is 6.04. The van der Waals surface area contributed by atoms with Gasteiger partial charge in [0.15, 0.2) is 0 Å². The summed E-state index contributed by atoms with van der Waals surface area (Å²) in [4.78, 5) is 18.7. The van der Waals surface area contributed by atoms with Gasteiger partial charge in [-0.15, -0.1) is 0 Å². The lowest BCUT2D eigenvalue weighted by Crippen LogP contribution is -2.24. The van der Waals surface area contributed by atoms with Crippen LogP contribution in [0.2, 0.25) is 5.02 Å². The maximum Gasteiger partial charge on any atom is 0.232 e. The van der Waals surface area contributed by atoms with E-state index in [0.717, 1.165) is 5.56 Å². The first-order valence-electron chi connectivity index (χ1n) is 8.18. The highest BCUT2D eigenvalue weighted by Crippen LogP contribution is 2.37. The third kappa shape index (κ3) is 3.04. The predicted molar refractivity (Wildman–Crippen MR) is 97.4 cm³/mol. The number of nitrogens with zero attached hydrogens (tertiary/aromatic N) is 3. The van der Waals surface area contributed by atoms with E-state index in [1.165, 1.54) is 0 Å². The summed E-state index contributed by atoms with van der Waals surface area (Å²) in [6.45, 7) is 0.436. The topological polar surface area (TPSA) is 68.5 Å². The fourth-order valence-corrected chi connectivity index (χ4v) is 3.25. The minimum Gasteiger partial charge on any atom is -0.495 e. The van der Waals surface area contributed by atoms with Gasteiger partial charge >= 0.3 is 0 Å². The van der Waals surface area contributed by atoms with Crippen molar-refractivity contribution >= 4 is 23.2 Å². The van der Waals surface area contributed by atoms with Crippen LogP contribution in [-0.4, -0.2) is 29.7 Å². The van der Waals surface area contributed by atoms with Gasteiger partial charge in [0.2, 0.25) is 17.6 Å². The Morgan fingerprint density at radius 2 is 2.04 bits per heavy atom. The Bertz CT molecular complexity index is 942. The molecule has 4 rings (SSSR count). The molecule has 0 radical (unpaired) electrons. The molecule has 6 nitrogen and oxygen atoms in total. The first-order valence-corrected chi connectivity index (χ1v) is 8.56. The average Bonchev–Trinajstić information content (AvgIpc) is 3.29. The fraction of sp³-hybridized carbons (Fsp3) is 0.211. The molecule has 0 unspecified atom stereocenters. The largest absolute Gasteiger partial charge is 0.495 e. The van der Waals surface area contributed by atoms with Gasteiger partial charge in [-0.05, 0) is 18.2 Å². The van der Waals surface area contributed by atoms with E-state index in [-0.39, 0.29) is 11.8 Å². The van der Waals surface area contributed by atoms with E-state index in [1.54, 1.807) is 30.2 Å². The highest BCUT2D eigenvalue weighted by atomic mass is 35.5. The molecule has 1 aliphatic heterocycles. The third-order valence-electron chi connectivity index (χ3n) is 4.38. The summed E-state index contributed by atoms with van der Waals surface area (Å²) in [5.74, 6) is 1.37. The Morgan fingerprint density at radius 3 is 2.81 bits per heavy atom. The van der Waals surface area contributed by atoms with Gasteiger partial charge in [-0.2, -0.15) is 4.98 Å². The lowest BCUT2D eigenvalue weighted by Gasteiger charge is -2.19. The minimum absolute atomic E-state index is 0.0324. The molecular weight excluding hydrogens is 354 g/mol. The molecule has 0 spiro atoms. The molecule has 1 aromatic heterocycles. The van der Waals surface area contributed by atoms with Gasteiger partial charge in [-0.25, -0.2) is 0 Å². The van der Waals surface area contributed by atoms with E-state index in [4.69, 9.17) is 20.9 Å². The second kappa shape index (κ2) is 6.80. The number of benzene rings is 2. The fourth-order valence-electron chi connectivity index (χ4n) is 3.09. The van der Waals surface area contributed by atoms with Crippen LogP contribution in [0.4, 0.5) is 5.69 Å². The van der Waals surface area contributed by atoms with Crippen molar-refractivity contribution in [2.24, 2.45) is 0 Å². The van der Waals surface area contributed by atoms with Crippen LogP contribution in [0.15, 0.2) is 53.1 Å². The Morgan fingerprint density at radius 1 is 1.23 bits per heavy atom. The Kier molecular flexibility index (Phi) is 4.34. The molecule has 1 saturated heterocycles. The summed E-state index contributed by atoms with van der Waals surface area (Å²) in [6.07, 6.45) is 0.298. The van der Waals surface area contributed by atoms with Crippen LogP contribution in [0.3, 0.4) is 0 Å². The number of hydrogen-bond acceptors (Lipinski definition) is 5. The second-order valence-corrected chi connectivity index (χ2v) is 6.48. The maximum absolute atomic E-state index is 12.6. The molecular formula is C19H16ClN3O3. The standard InChI is InChI=1S/C19H16ClN3O3/c1-25-16-8-7-14(20)10-15(16)23-11-13(9-17(23)24)19-21-18(22-26-19)12-5-3-2-4-6-12/h2-8,10,13H,9,11H2,1H3/t13-/m1/s1. The number of aromatic nitrogens is 2. The SMILES string of the molecule is COc1ccc(Cl)cc1N1C[C@H](c2nc(-c3ccccc3)no2)CC1=O. The van der Waals surface area contributed by atoms with Crippen molar-refractivity contribution in [1.29, 1.82) is 0 Å². The van der Waals surface area contributed by atoms with E-state index in [9.17, 15) is 4.79 Å².